The summed E-state index contributed by atoms with van der Waals surface area (Å²) in [5.41, 5.74) is 5.75. The summed E-state index contributed by atoms with van der Waals surface area (Å²) in [5, 5.41) is 4.26. The van der Waals surface area contributed by atoms with Crippen LogP contribution in [0.2, 0.25) is 0 Å². The second kappa shape index (κ2) is 6.93. The first-order valence-corrected chi connectivity index (χ1v) is 8.60. The lowest BCUT2D eigenvalue weighted by atomic mass is 9.74. The van der Waals surface area contributed by atoms with E-state index in [1.54, 1.807) is 0 Å². The van der Waals surface area contributed by atoms with E-state index in [0.717, 1.165) is 29.7 Å². The SMILES string of the molecule is O=C(COc1ccccc1-c1ccccc1)N/N=C1/C[C@H]2C=CC[C@H]12. The van der Waals surface area contributed by atoms with Gasteiger partial charge in [0.05, 0.1) is 0 Å². The van der Waals surface area contributed by atoms with E-state index < -0.39 is 0 Å². The third-order valence-corrected chi connectivity index (χ3v) is 4.82. The Morgan fingerprint density at radius 1 is 1.12 bits per heavy atom. The van der Waals surface area contributed by atoms with Gasteiger partial charge in [0.2, 0.25) is 0 Å². The highest BCUT2D eigenvalue weighted by molar-refractivity contribution is 5.95. The van der Waals surface area contributed by atoms with Crippen LogP contribution in [0.1, 0.15) is 12.8 Å². The van der Waals surface area contributed by atoms with Crippen LogP contribution in [-0.2, 0) is 4.79 Å². The van der Waals surface area contributed by atoms with Crippen LogP contribution in [-0.4, -0.2) is 18.2 Å². The minimum absolute atomic E-state index is 0.0486. The lowest BCUT2D eigenvalue weighted by Gasteiger charge is -2.31. The summed E-state index contributed by atoms with van der Waals surface area (Å²) in [7, 11) is 0. The molecule has 0 heterocycles. The smallest absolute Gasteiger partial charge is 0.277 e. The van der Waals surface area contributed by atoms with E-state index in [9.17, 15) is 4.79 Å². The molecule has 4 heteroatoms. The van der Waals surface area contributed by atoms with Crippen LogP contribution >= 0.6 is 0 Å². The first-order chi connectivity index (χ1) is 12.3. The van der Waals surface area contributed by atoms with E-state index in [2.05, 4.69) is 22.7 Å². The highest BCUT2D eigenvalue weighted by Gasteiger charge is 2.37. The highest BCUT2D eigenvalue weighted by Crippen LogP contribution is 2.40. The van der Waals surface area contributed by atoms with E-state index in [1.807, 2.05) is 54.6 Å². The number of para-hydroxylation sites is 1. The van der Waals surface area contributed by atoms with E-state index >= 15 is 0 Å². The molecule has 1 fully saturated rings. The van der Waals surface area contributed by atoms with Gasteiger partial charge in [-0.1, -0.05) is 60.7 Å². The number of fused-ring (bicyclic) bond motifs is 1. The summed E-state index contributed by atoms with van der Waals surface area (Å²) in [6.07, 6.45) is 6.44. The van der Waals surface area contributed by atoms with Crippen molar-refractivity contribution in [2.45, 2.75) is 12.8 Å². The summed E-state index contributed by atoms with van der Waals surface area (Å²) in [6.45, 7) is -0.0486. The molecule has 1 saturated carbocycles. The average molecular weight is 332 g/mol. The number of hydrazone groups is 1. The fourth-order valence-electron chi connectivity index (χ4n) is 3.42. The number of rotatable bonds is 5. The van der Waals surface area contributed by atoms with Gasteiger partial charge in [-0.25, -0.2) is 5.43 Å². The molecule has 1 amide bonds. The molecule has 2 atom stereocenters. The number of ether oxygens (including phenoxy) is 1. The maximum atomic E-state index is 12.0. The zero-order valence-corrected chi connectivity index (χ0v) is 13.9. The summed E-state index contributed by atoms with van der Waals surface area (Å²) in [6, 6.07) is 17.7. The van der Waals surface area contributed by atoms with Crippen molar-refractivity contribution in [1.29, 1.82) is 0 Å². The molecule has 4 nitrogen and oxygen atoms in total. The first-order valence-electron chi connectivity index (χ1n) is 8.60. The minimum atomic E-state index is -0.232. The monoisotopic (exact) mass is 332 g/mol. The molecule has 2 aliphatic rings. The molecule has 0 bridgehead atoms. The molecule has 2 aromatic rings. The van der Waals surface area contributed by atoms with Crippen molar-refractivity contribution in [2.75, 3.05) is 6.61 Å². The molecule has 1 N–H and O–H groups in total. The molecule has 25 heavy (non-hydrogen) atoms. The van der Waals surface area contributed by atoms with E-state index in [4.69, 9.17) is 4.74 Å². The van der Waals surface area contributed by atoms with Crippen molar-refractivity contribution in [3.05, 3.63) is 66.7 Å². The fraction of sp³-hybridized carbons (Fsp3) is 0.238. The first kappa shape index (κ1) is 15.6. The highest BCUT2D eigenvalue weighted by atomic mass is 16.5. The zero-order chi connectivity index (χ0) is 17.1. The molecule has 0 unspecified atom stereocenters. The van der Waals surface area contributed by atoms with Gasteiger partial charge in [-0.2, -0.15) is 5.10 Å². The number of hydrogen-bond acceptors (Lipinski definition) is 3. The summed E-state index contributed by atoms with van der Waals surface area (Å²) < 4.78 is 5.73. The van der Waals surface area contributed by atoms with Crippen LogP contribution in [0.5, 0.6) is 5.75 Å². The van der Waals surface area contributed by atoms with E-state index in [0.29, 0.717) is 17.6 Å². The van der Waals surface area contributed by atoms with E-state index in [1.165, 1.54) is 0 Å². The quantitative estimate of drug-likeness (QED) is 0.669. The molecule has 0 spiro atoms. The van der Waals surface area contributed by atoms with Gasteiger partial charge in [0, 0.05) is 17.2 Å². The van der Waals surface area contributed by atoms with Crippen LogP contribution in [0, 0.1) is 11.8 Å². The van der Waals surface area contributed by atoms with Crippen LogP contribution in [0.3, 0.4) is 0 Å². The standard InChI is InChI=1S/C21H20N2O2/c24-21(23-22-19-13-16-9-6-11-17(16)19)14-25-20-12-5-4-10-18(20)15-7-2-1-3-8-15/h1-10,12,16-17H,11,13-14H2,(H,23,24)/b22-19-/t16-,17+/m1/s1. The number of carbonyl (C=O) groups is 1. The van der Waals surface area contributed by atoms with Crippen molar-refractivity contribution >= 4 is 11.6 Å². The number of carbonyl (C=O) groups excluding carboxylic acids is 1. The lowest BCUT2D eigenvalue weighted by Crippen LogP contribution is -2.36. The van der Waals surface area contributed by atoms with Gasteiger partial charge in [-0.3, -0.25) is 4.79 Å². The molecule has 0 aromatic heterocycles. The van der Waals surface area contributed by atoms with E-state index in [-0.39, 0.29) is 12.5 Å². The molecule has 2 aliphatic carbocycles. The Hall–Kier alpha value is -2.88. The Balaban J connectivity index is 1.36. The zero-order valence-electron chi connectivity index (χ0n) is 13.9. The van der Waals surface area contributed by atoms with Crippen molar-refractivity contribution in [3.63, 3.8) is 0 Å². The van der Waals surface area contributed by atoms with Crippen molar-refractivity contribution in [3.8, 4) is 16.9 Å². The normalized spacial score (nSPS) is 22.3. The largest absolute Gasteiger partial charge is 0.483 e. The molecule has 2 aromatic carbocycles. The number of hydrogen-bond donors (Lipinski definition) is 1. The van der Waals surface area contributed by atoms with Gasteiger partial charge in [-0.15, -0.1) is 0 Å². The van der Waals surface area contributed by atoms with Crippen LogP contribution in [0.25, 0.3) is 11.1 Å². The van der Waals surface area contributed by atoms with Crippen molar-refractivity contribution in [1.82, 2.24) is 5.43 Å². The number of allylic oxidation sites excluding steroid dienone is 2. The number of amides is 1. The Morgan fingerprint density at radius 3 is 2.76 bits per heavy atom. The second-order valence-electron chi connectivity index (χ2n) is 6.43. The molecule has 0 saturated heterocycles. The fourth-order valence-corrected chi connectivity index (χ4v) is 3.42. The predicted molar refractivity (Wildman–Crippen MR) is 98.3 cm³/mol. The molecule has 126 valence electrons. The number of nitrogens with zero attached hydrogens (tertiary/aromatic N) is 1. The molecule has 0 aliphatic heterocycles. The molecule has 0 radical (unpaired) electrons. The van der Waals surface area contributed by atoms with Crippen LogP contribution < -0.4 is 10.2 Å². The van der Waals surface area contributed by atoms with Gasteiger partial charge in [0.1, 0.15) is 5.75 Å². The van der Waals surface area contributed by atoms with Gasteiger partial charge in [0.25, 0.3) is 5.91 Å². The van der Waals surface area contributed by atoms with Gasteiger partial charge >= 0.3 is 0 Å². The third-order valence-electron chi connectivity index (χ3n) is 4.82. The second-order valence-corrected chi connectivity index (χ2v) is 6.43. The number of nitrogens with one attached hydrogen (secondary N) is 1. The topological polar surface area (TPSA) is 50.7 Å². The van der Waals surface area contributed by atoms with Gasteiger partial charge in [0.15, 0.2) is 6.61 Å². The maximum Gasteiger partial charge on any atom is 0.277 e. The molecular formula is C21H20N2O2. The van der Waals surface area contributed by atoms with Crippen molar-refractivity contribution < 1.29 is 9.53 Å². The number of benzene rings is 2. The van der Waals surface area contributed by atoms with Crippen LogP contribution in [0.15, 0.2) is 71.9 Å². The predicted octanol–water partition coefficient (Wildman–Crippen LogP) is 3.80. The summed E-state index contributed by atoms with van der Waals surface area (Å²) >= 11 is 0. The summed E-state index contributed by atoms with van der Waals surface area (Å²) in [4.78, 5) is 12.0. The molecule has 4 rings (SSSR count). The van der Waals surface area contributed by atoms with Crippen molar-refractivity contribution in [2.24, 2.45) is 16.9 Å². The Labute approximate surface area is 147 Å². The Morgan fingerprint density at radius 2 is 1.92 bits per heavy atom. The third kappa shape index (κ3) is 3.33. The Kier molecular flexibility index (Phi) is 4.34. The minimum Gasteiger partial charge on any atom is -0.483 e. The summed E-state index contributed by atoms with van der Waals surface area (Å²) in [5.74, 6) is 1.59. The van der Waals surface area contributed by atoms with Crippen LogP contribution in [0.4, 0.5) is 0 Å². The Bertz CT molecular complexity index is 827. The molecular weight excluding hydrogens is 312 g/mol. The average Bonchev–Trinajstić information content (AvgIpc) is 3.02. The lowest BCUT2D eigenvalue weighted by molar-refractivity contribution is -0.123. The van der Waals surface area contributed by atoms with Gasteiger partial charge < -0.3 is 4.74 Å². The van der Waals surface area contributed by atoms with Gasteiger partial charge in [-0.05, 0) is 30.4 Å². The maximum absolute atomic E-state index is 12.0.